The van der Waals surface area contributed by atoms with Crippen LogP contribution >= 0.6 is 23.3 Å². The molecule has 24 heavy (non-hydrogen) atoms. The maximum atomic E-state index is 10.8. The number of anilines is 1. The number of aromatic hydroxyl groups is 2. The van der Waals surface area contributed by atoms with Gasteiger partial charge in [0.25, 0.3) is 0 Å². The quantitative estimate of drug-likeness (QED) is 0.402. The molecule has 0 aliphatic rings. The van der Waals surface area contributed by atoms with Gasteiger partial charge in [-0.25, -0.2) is 9.78 Å². The molecule has 122 valence electrons. The molecule has 2 aromatic carbocycles. The zero-order valence-electron chi connectivity index (χ0n) is 12.1. The molecule has 0 aliphatic heterocycles. The van der Waals surface area contributed by atoms with Crippen molar-refractivity contribution in [1.29, 1.82) is 0 Å². The first-order valence-electron chi connectivity index (χ1n) is 6.77. The van der Waals surface area contributed by atoms with Crippen LogP contribution in [0.3, 0.4) is 0 Å². The van der Waals surface area contributed by atoms with Gasteiger partial charge in [-0.15, -0.1) is 11.3 Å². The molecule has 0 aliphatic carbocycles. The minimum absolute atomic E-state index is 0.0197. The first-order valence-corrected chi connectivity index (χ1v) is 8.46. The smallest absolute Gasteiger partial charge is 0.335 e. The fraction of sp³-hybridized carbons (Fsp3) is 0. The van der Waals surface area contributed by atoms with Gasteiger partial charge in [-0.1, -0.05) is 0 Å². The minimum atomic E-state index is -1.09. The van der Waals surface area contributed by atoms with Crippen LogP contribution in [0.25, 0.3) is 10.6 Å². The highest BCUT2D eigenvalue weighted by atomic mass is 32.2. The number of carboxylic acids is 1. The Morgan fingerprint density at radius 1 is 1.12 bits per heavy atom. The van der Waals surface area contributed by atoms with Crippen LogP contribution < -0.4 is 4.72 Å². The summed E-state index contributed by atoms with van der Waals surface area (Å²) in [6.45, 7) is 0. The number of benzene rings is 2. The molecule has 0 saturated carbocycles. The van der Waals surface area contributed by atoms with E-state index in [2.05, 4.69) is 9.71 Å². The van der Waals surface area contributed by atoms with Crippen LogP contribution in [0.2, 0.25) is 0 Å². The lowest BCUT2D eigenvalue weighted by atomic mass is 10.2. The molecular formula is C16H12N2O4S2. The first kappa shape index (κ1) is 16.2. The van der Waals surface area contributed by atoms with Gasteiger partial charge < -0.3 is 20.0 Å². The van der Waals surface area contributed by atoms with Gasteiger partial charge in [-0.05, 0) is 42.5 Å². The number of phenols is 2. The number of aromatic carboxylic acids is 1. The second kappa shape index (κ2) is 6.81. The molecule has 8 heteroatoms. The third kappa shape index (κ3) is 3.61. The van der Waals surface area contributed by atoms with E-state index >= 15 is 0 Å². The summed E-state index contributed by atoms with van der Waals surface area (Å²) < 4.78 is 2.95. The largest absolute Gasteiger partial charge is 0.508 e. The molecule has 0 fully saturated rings. The molecule has 0 bridgehead atoms. The van der Waals surface area contributed by atoms with Crippen LogP contribution in [0.15, 0.2) is 52.9 Å². The lowest BCUT2D eigenvalue weighted by Crippen LogP contribution is -1.96. The van der Waals surface area contributed by atoms with Gasteiger partial charge in [0.2, 0.25) is 0 Å². The Kier molecular flexibility index (Phi) is 4.59. The molecule has 0 unspecified atom stereocenters. The zero-order chi connectivity index (χ0) is 17.1. The van der Waals surface area contributed by atoms with Crippen molar-refractivity contribution in [3.8, 4) is 22.1 Å². The van der Waals surface area contributed by atoms with Crippen LogP contribution in [0.5, 0.6) is 11.5 Å². The normalized spacial score (nSPS) is 10.5. The van der Waals surface area contributed by atoms with Crippen molar-refractivity contribution in [1.82, 2.24) is 4.98 Å². The predicted molar refractivity (Wildman–Crippen MR) is 93.8 cm³/mol. The molecule has 3 aromatic rings. The molecule has 0 spiro atoms. The number of hydrogen-bond donors (Lipinski definition) is 4. The van der Waals surface area contributed by atoms with E-state index in [1.165, 1.54) is 41.5 Å². The van der Waals surface area contributed by atoms with Crippen molar-refractivity contribution >= 4 is 34.9 Å². The maximum Gasteiger partial charge on any atom is 0.335 e. The Hall–Kier alpha value is -2.71. The monoisotopic (exact) mass is 360 g/mol. The molecule has 3 rings (SSSR count). The van der Waals surface area contributed by atoms with Crippen molar-refractivity contribution in [2.45, 2.75) is 5.03 Å². The Balaban J connectivity index is 1.69. The summed E-state index contributed by atoms with van der Waals surface area (Å²) in [6, 6.07) is 10.9. The van der Waals surface area contributed by atoms with E-state index in [-0.39, 0.29) is 17.1 Å². The van der Waals surface area contributed by atoms with E-state index in [1.807, 2.05) is 5.38 Å². The summed E-state index contributed by atoms with van der Waals surface area (Å²) in [5.74, 6) is -1.04. The van der Waals surface area contributed by atoms with Gasteiger partial charge >= 0.3 is 5.97 Å². The van der Waals surface area contributed by atoms with Crippen molar-refractivity contribution in [2.75, 3.05) is 4.72 Å². The van der Waals surface area contributed by atoms with Crippen molar-refractivity contribution in [3.63, 3.8) is 0 Å². The number of hydrogen-bond acceptors (Lipinski definition) is 7. The summed E-state index contributed by atoms with van der Waals surface area (Å²) in [4.78, 5) is 15.3. The Morgan fingerprint density at radius 3 is 2.54 bits per heavy atom. The van der Waals surface area contributed by atoms with E-state index in [9.17, 15) is 15.0 Å². The lowest BCUT2D eigenvalue weighted by molar-refractivity contribution is 0.0696. The molecule has 4 N–H and O–H groups in total. The summed E-state index contributed by atoms with van der Waals surface area (Å²) in [7, 11) is 0. The minimum Gasteiger partial charge on any atom is -0.508 e. The summed E-state index contributed by atoms with van der Waals surface area (Å²) >= 11 is 2.67. The van der Waals surface area contributed by atoms with Crippen LogP contribution in [-0.4, -0.2) is 26.3 Å². The molecule has 1 heterocycles. The van der Waals surface area contributed by atoms with Crippen LogP contribution in [0.1, 0.15) is 10.4 Å². The number of thiazole rings is 1. The highest BCUT2D eigenvalue weighted by Gasteiger charge is 2.09. The second-order valence-corrected chi connectivity index (χ2v) is 6.46. The molecule has 0 atom stereocenters. The van der Waals surface area contributed by atoms with E-state index in [0.29, 0.717) is 10.7 Å². The second-order valence-electron chi connectivity index (χ2n) is 4.78. The van der Waals surface area contributed by atoms with E-state index in [0.717, 1.165) is 10.6 Å². The first-order chi connectivity index (χ1) is 11.5. The number of carboxylic acid groups (broad SMARTS) is 1. The third-order valence-electron chi connectivity index (χ3n) is 3.11. The van der Waals surface area contributed by atoms with E-state index < -0.39 is 5.97 Å². The Labute approximate surface area is 145 Å². The Bertz CT molecular complexity index is 878. The van der Waals surface area contributed by atoms with Gasteiger partial charge in [0.15, 0.2) is 0 Å². The van der Waals surface area contributed by atoms with Crippen LogP contribution in [0.4, 0.5) is 5.69 Å². The maximum absolute atomic E-state index is 10.8. The topological polar surface area (TPSA) is 103 Å². The van der Waals surface area contributed by atoms with E-state index in [1.54, 1.807) is 24.3 Å². The average Bonchev–Trinajstić information content (AvgIpc) is 3.03. The summed E-state index contributed by atoms with van der Waals surface area (Å²) in [5.41, 5.74) is 1.33. The predicted octanol–water partition coefficient (Wildman–Crippen LogP) is 4.04. The highest BCUT2D eigenvalue weighted by molar-refractivity contribution is 8.00. The lowest BCUT2D eigenvalue weighted by Gasteiger charge is -2.06. The fourth-order valence-corrected chi connectivity index (χ4v) is 3.51. The molecule has 1 aromatic heterocycles. The molecule has 6 nitrogen and oxygen atoms in total. The van der Waals surface area contributed by atoms with Gasteiger partial charge in [-0.2, -0.15) is 0 Å². The number of carbonyl (C=O) groups is 1. The van der Waals surface area contributed by atoms with Gasteiger partial charge in [0, 0.05) is 22.9 Å². The SMILES string of the molecule is O=C(O)c1ccc(NSc2csc(-c3ccc(O)cc3)n2)c(O)c1. The number of phenolic OH excluding ortho intramolecular Hbond substituents is 2. The van der Waals surface area contributed by atoms with Crippen LogP contribution in [0, 0.1) is 0 Å². The fourth-order valence-electron chi connectivity index (χ4n) is 1.90. The van der Waals surface area contributed by atoms with Gasteiger partial charge in [0.05, 0.1) is 11.3 Å². The number of aromatic nitrogens is 1. The van der Waals surface area contributed by atoms with Crippen molar-refractivity contribution in [3.05, 3.63) is 53.4 Å². The molecular weight excluding hydrogens is 348 g/mol. The number of nitrogens with one attached hydrogen (secondary N) is 1. The van der Waals surface area contributed by atoms with Crippen molar-refractivity contribution in [2.24, 2.45) is 0 Å². The van der Waals surface area contributed by atoms with Gasteiger partial charge in [0.1, 0.15) is 21.5 Å². The molecule has 0 amide bonds. The molecule has 0 saturated heterocycles. The van der Waals surface area contributed by atoms with Gasteiger partial charge in [-0.3, -0.25) is 0 Å². The van der Waals surface area contributed by atoms with Crippen LogP contribution in [-0.2, 0) is 0 Å². The average molecular weight is 360 g/mol. The standard InChI is InChI=1S/C16H12N2O4S2/c19-11-4-1-9(2-5-11)15-17-14(8-23-15)24-18-12-6-3-10(16(21)22)7-13(12)20/h1-8,18-20H,(H,21,22). The number of nitrogens with zero attached hydrogens (tertiary/aromatic N) is 1. The van der Waals surface area contributed by atoms with Crippen molar-refractivity contribution < 1.29 is 20.1 Å². The van der Waals surface area contributed by atoms with E-state index in [4.69, 9.17) is 5.11 Å². The third-order valence-corrected chi connectivity index (χ3v) is 4.89. The zero-order valence-corrected chi connectivity index (χ0v) is 13.8. The number of rotatable bonds is 5. The summed E-state index contributed by atoms with van der Waals surface area (Å²) in [5, 5.41) is 31.4. The Morgan fingerprint density at radius 2 is 1.88 bits per heavy atom. The molecule has 0 radical (unpaired) electrons. The highest BCUT2D eigenvalue weighted by Crippen LogP contribution is 2.32. The summed E-state index contributed by atoms with van der Waals surface area (Å²) in [6.07, 6.45) is 0.